The minimum Gasteiger partial charge on any atom is -0.372 e. The molecule has 3 nitrogen and oxygen atoms in total. The van der Waals surface area contributed by atoms with Crippen molar-refractivity contribution in [3.05, 3.63) is 64.1 Å². The van der Waals surface area contributed by atoms with Gasteiger partial charge >= 0.3 is 0 Å². The van der Waals surface area contributed by atoms with Gasteiger partial charge in [0.05, 0.1) is 5.75 Å². The molecule has 1 fully saturated rings. The molecular formula is C20H23BrN2OS. The smallest absolute Gasteiger partial charge is 0.230 e. The van der Waals surface area contributed by atoms with E-state index in [4.69, 9.17) is 0 Å². The first-order valence-electron chi connectivity index (χ1n) is 8.64. The van der Waals surface area contributed by atoms with Crippen molar-refractivity contribution in [3.8, 4) is 0 Å². The molecule has 1 saturated heterocycles. The standard InChI is InChI=1S/C20H23BrN2OS/c21-19-6-2-1-5-17(19)14-25-15-20(24)22-13-16-7-9-18(10-8-16)23-11-3-4-12-23/h1-2,5-10H,3-4,11-15H2,(H,22,24). The summed E-state index contributed by atoms with van der Waals surface area (Å²) in [5.74, 6) is 1.40. The zero-order chi connectivity index (χ0) is 17.5. The van der Waals surface area contributed by atoms with Crippen LogP contribution >= 0.6 is 27.7 Å². The highest BCUT2D eigenvalue weighted by atomic mass is 79.9. The Bertz CT molecular complexity index is 699. The Morgan fingerprint density at radius 3 is 2.52 bits per heavy atom. The van der Waals surface area contributed by atoms with Crippen molar-refractivity contribution in [1.29, 1.82) is 0 Å². The van der Waals surface area contributed by atoms with E-state index >= 15 is 0 Å². The molecule has 1 amide bonds. The lowest BCUT2D eigenvalue weighted by atomic mass is 10.2. The summed E-state index contributed by atoms with van der Waals surface area (Å²) in [6, 6.07) is 16.7. The first-order valence-corrected chi connectivity index (χ1v) is 10.6. The number of thioether (sulfide) groups is 1. The van der Waals surface area contributed by atoms with E-state index in [1.165, 1.54) is 24.1 Å². The summed E-state index contributed by atoms with van der Waals surface area (Å²) in [6.45, 7) is 2.91. The molecule has 0 spiro atoms. The van der Waals surface area contributed by atoms with Gasteiger partial charge in [0.15, 0.2) is 0 Å². The molecule has 1 aliphatic heterocycles. The number of carbonyl (C=O) groups is 1. The van der Waals surface area contributed by atoms with Crippen molar-refractivity contribution in [2.24, 2.45) is 0 Å². The second-order valence-corrected chi connectivity index (χ2v) is 8.06. The predicted molar refractivity (Wildman–Crippen MR) is 110 cm³/mol. The first kappa shape index (κ1) is 18.3. The highest BCUT2D eigenvalue weighted by molar-refractivity contribution is 9.10. The summed E-state index contributed by atoms with van der Waals surface area (Å²) in [7, 11) is 0. The average Bonchev–Trinajstić information content (AvgIpc) is 3.17. The Balaban J connectivity index is 1.39. The molecule has 2 aromatic carbocycles. The second-order valence-electron chi connectivity index (χ2n) is 6.22. The molecule has 5 heteroatoms. The summed E-state index contributed by atoms with van der Waals surface area (Å²) in [6.07, 6.45) is 2.57. The molecule has 0 saturated carbocycles. The molecule has 1 aliphatic rings. The van der Waals surface area contributed by atoms with Crippen molar-refractivity contribution in [1.82, 2.24) is 5.32 Å². The van der Waals surface area contributed by atoms with E-state index in [1.54, 1.807) is 11.8 Å². The van der Waals surface area contributed by atoms with Crippen LogP contribution in [0.2, 0.25) is 0 Å². The van der Waals surface area contributed by atoms with Crippen LogP contribution in [0.4, 0.5) is 5.69 Å². The molecule has 0 bridgehead atoms. The number of benzene rings is 2. The van der Waals surface area contributed by atoms with Gasteiger partial charge in [-0.3, -0.25) is 4.79 Å². The van der Waals surface area contributed by atoms with E-state index in [1.807, 2.05) is 18.2 Å². The van der Waals surface area contributed by atoms with Crippen LogP contribution in [0.25, 0.3) is 0 Å². The Kier molecular flexibility index (Phi) is 6.82. The summed E-state index contributed by atoms with van der Waals surface area (Å²) < 4.78 is 1.10. The third kappa shape index (κ3) is 5.51. The van der Waals surface area contributed by atoms with Crippen LogP contribution < -0.4 is 10.2 Å². The average molecular weight is 419 g/mol. The van der Waals surface area contributed by atoms with Crippen LogP contribution in [0.15, 0.2) is 53.0 Å². The quantitative estimate of drug-likeness (QED) is 0.712. The van der Waals surface area contributed by atoms with Gasteiger partial charge in [-0.25, -0.2) is 0 Å². The fraction of sp³-hybridized carbons (Fsp3) is 0.350. The molecule has 2 aromatic rings. The topological polar surface area (TPSA) is 32.3 Å². The van der Waals surface area contributed by atoms with Crippen molar-refractivity contribution in [2.45, 2.75) is 25.1 Å². The van der Waals surface area contributed by atoms with Crippen LogP contribution in [-0.2, 0) is 17.1 Å². The molecule has 132 valence electrons. The first-order chi connectivity index (χ1) is 12.2. The van der Waals surface area contributed by atoms with Gasteiger partial charge in [-0.15, -0.1) is 11.8 Å². The fourth-order valence-electron chi connectivity index (χ4n) is 2.92. The van der Waals surface area contributed by atoms with E-state index in [0.29, 0.717) is 12.3 Å². The molecule has 0 aliphatic carbocycles. The van der Waals surface area contributed by atoms with Gasteiger partial charge in [0.1, 0.15) is 0 Å². The summed E-state index contributed by atoms with van der Waals surface area (Å²) in [5.41, 5.74) is 3.65. The lowest BCUT2D eigenvalue weighted by Crippen LogP contribution is -2.24. The predicted octanol–water partition coefficient (Wildman–Crippen LogP) is 4.60. The molecule has 1 heterocycles. The number of amides is 1. The third-order valence-electron chi connectivity index (χ3n) is 4.35. The lowest BCUT2D eigenvalue weighted by molar-refractivity contribution is -0.118. The third-order valence-corrected chi connectivity index (χ3v) is 6.10. The van der Waals surface area contributed by atoms with Gasteiger partial charge in [0.25, 0.3) is 0 Å². The van der Waals surface area contributed by atoms with E-state index < -0.39 is 0 Å². The minimum atomic E-state index is 0.0840. The molecule has 3 rings (SSSR count). The number of nitrogens with zero attached hydrogens (tertiary/aromatic N) is 1. The van der Waals surface area contributed by atoms with Gasteiger partial charge in [0, 0.05) is 35.5 Å². The monoisotopic (exact) mass is 418 g/mol. The zero-order valence-corrected chi connectivity index (χ0v) is 16.6. The Morgan fingerprint density at radius 1 is 1.08 bits per heavy atom. The van der Waals surface area contributed by atoms with Crippen molar-refractivity contribution >= 4 is 39.3 Å². The van der Waals surface area contributed by atoms with Crippen LogP contribution in [0, 0.1) is 0 Å². The van der Waals surface area contributed by atoms with Crippen LogP contribution in [0.5, 0.6) is 0 Å². The number of carbonyl (C=O) groups excluding carboxylic acids is 1. The summed E-state index contributed by atoms with van der Waals surface area (Å²) in [5, 5.41) is 3.00. The fourth-order valence-corrected chi connectivity index (χ4v) is 4.39. The van der Waals surface area contributed by atoms with Crippen LogP contribution in [0.3, 0.4) is 0 Å². The molecule has 1 N–H and O–H groups in total. The van der Waals surface area contributed by atoms with E-state index in [-0.39, 0.29) is 5.91 Å². The molecule has 0 unspecified atom stereocenters. The number of hydrogen-bond acceptors (Lipinski definition) is 3. The number of halogens is 1. The highest BCUT2D eigenvalue weighted by Gasteiger charge is 2.11. The van der Waals surface area contributed by atoms with Crippen molar-refractivity contribution in [3.63, 3.8) is 0 Å². The van der Waals surface area contributed by atoms with Crippen LogP contribution in [0.1, 0.15) is 24.0 Å². The Hall–Kier alpha value is -1.46. The van der Waals surface area contributed by atoms with Gasteiger partial charge in [-0.1, -0.05) is 46.3 Å². The Labute approximate surface area is 162 Å². The molecule has 0 atom stereocenters. The summed E-state index contributed by atoms with van der Waals surface area (Å²) in [4.78, 5) is 14.4. The molecule has 0 aromatic heterocycles. The minimum absolute atomic E-state index is 0.0840. The normalized spacial score (nSPS) is 13.9. The number of anilines is 1. The van der Waals surface area contributed by atoms with Gasteiger partial charge in [-0.05, 0) is 42.2 Å². The van der Waals surface area contributed by atoms with Crippen LogP contribution in [-0.4, -0.2) is 24.7 Å². The highest BCUT2D eigenvalue weighted by Crippen LogP contribution is 2.22. The second kappa shape index (κ2) is 9.30. The lowest BCUT2D eigenvalue weighted by Gasteiger charge is -2.17. The number of hydrogen-bond donors (Lipinski definition) is 1. The van der Waals surface area contributed by atoms with E-state index in [9.17, 15) is 4.79 Å². The maximum atomic E-state index is 12.0. The maximum Gasteiger partial charge on any atom is 0.230 e. The zero-order valence-electron chi connectivity index (χ0n) is 14.2. The number of nitrogens with one attached hydrogen (secondary N) is 1. The van der Waals surface area contributed by atoms with Crippen molar-refractivity contribution in [2.75, 3.05) is 23.7 Å². The summed E-state index contributed by atoms with van der Waals surface area (Å²) >= 11 is 5.17. The van der Waals surface area contributed by atoms with E-state index in [2.05, 4.69) is 56.5 Å². The van der Waals surface area contributed by atoms with Gasteiger partial charge in [-0.2, -0.15) is 0 Å². The SMILES string of the molecule is O=C(CSCc1ccccc1Br)NCc1ccc(N2CCCC2)cc1. The van der Waals surface area contributed by atoms with Gasteiger partial charge < -0.3 is 10.2 Å². The largest absolute Gasteiger partial charge is 0.372 e. The molecular weight excluding hydrogens is 396 g/mol. The van der Waals surface area contributed by atoms with E-state index in [0.717, 1.165) is 28.9 Å². The Morgan fingerprint density at radius 2 is 1.80 bits per heavy atom. The molecule has 0 radical (unpaired) electrons. The maximum absolute atomic E-state index is 12.0. The molecule has 25 heavy (non-hydrogen) atoms. The van der Waals surface area contributed by atoms with Gasteiger partial charge in [0.2, 0.25) is 5.91 Å². The number of rotatable bonds is 7. The van der Waals surface area contributed by atoms with Crippen molar-refractivity contribution < 1.29 is 4.79 Å².